The van der Waals surface area contributed by atoms with E-state index in [4.69, 9.17) is 30.3 Å². The number of amides is 1. The number of ether oxygens (including phenoxy) is 1. The lowest BCUT2D eigenvalue weighted by atomic mass is 9.71. The van der Waals surface area contributed by atoms with E-state index in [0.717, 1.165) is 31.2 Å². The molecule has 2 saturated heterocycles. The lowest BCUT2D eigenvalue weighted by Gasteiger charge is -2.35. The highest BCUT2D eigenvalue weighted by atomic mass is 19.1. The SMILES string of the molecule is CC[C@@]1(C(=O)NCc2cccnc2N)C[C@@H]2CC[C@H]1N2Cc1cccc(OC)c1F.O=CO.O=CO. The van der Waals surface area contributed by atoms with Crippen LogP contribution in [0, 0.1) is 11.2 Å². The van der Waals surface area contributed by atoms with Crippen LogP contribution in [-0.4, -0.2) is 58.1 Å². The molecule has 1 aromatic carbocycles. The Morgan fingerprint density at radius 2 is 1.92 bits per heavy atom. The van der Waals surface area contributed by atoms with Gasteiger partial charge in [0.2, 0.25) is 5.91 Å². The Morgan fingerprint density at radius 3 is 2.53 bits per heavy atom. The minimum absolute atomic E-state index is 0.0524. The normalized spacial score (nSPS) is 21.9. The maximum Gasteiger partial charge on any atom is 0.290 e. The maximum absolute atomic E-state index is 14.7. The van der Waals surface area contributed by atoms with Crippen LogP contribution in [0.4, 0.5) is 10.2 Å². The van der Waals surface area contributed by atoms with Crippen molar-refractivity contribution >= 4 is 24.7 Å². The third-order valence-electron chi connectivity index (χ3n) is 6.95. The van der Waals surface area contributed by atoms with Crippen LogP contribution < -0.4 is 15.8 Å². The van der Waals surface area contributed by atoms with Gasteiger partial charge in [-0.3, -0.25) is 19.3 Å². The first-order valence-corrected chi connectivity index (χ1v) is 11.5. The zero-order valence-electron chi connectivity index (χ0n) is 20.4. The fourth-order valence-electron chi connectivity index (χ4n) is 5.31. The van der Waals surface area contributed by atoms with E-state index in [9.17, 15) is 9.18 Å². The van der Waals surface area contributed by atoms with E-state index in [1.165, 1.54) is 7.11 Å². The Labute approximate surface area is 209 Å². The molecule has 2 fully saturated rings. The van der Waals surface area contributed by atoms with Crippen molar-refractivity contribution in [2.45, 2.75) is 57.8 Å². The zero-order chi connectivity index (χ0) is 26.7. The van der Waals surface area contributed by atoms with E-state index in [-0.39, 0.29) is 42.5 Å². The molecular formula is C25H33FN4O6. The number of carboxylic acid groups (broad SMARTS) is 2. The van der Waals surface area contributed by atoms with Crippen LogP contribution in [0.2, 0.25) is 0 Å². The summed E-state index contributed by atoms with van der Waals surface area (Å²) in [6, 6.07) is 9.32. The molecule has 10 nitrogen and oxygen atoms in total. The second-order valence-corrected chi connectivity index (χ2v) is 8.51. The van der Waals surface area contributed by atoms with Crippen molar-refractivity contribution in [2.24, 2.45) is 5.41 Å². The van der Waals surface area contributed by atoms with Gasteiger partial charge in [0.1, 0.15) is 5.82 Å². The van der Waals surface area contributed by atoms with Crippen LogP contribution in [0.25, 0.3) is 0 Å². The second-order valence-electron chi connectivity index (χ2n) is 8.51. The van der Waals surface area contributed by atoms with E-state index in [1.807, 2.05) is 18.2 Å². The minimum Gasteiger partial charge on any atom is -0.494 e. The van der Waals surface area contributed by atoms with Gasteiger partial charge in [-0.2, -0.15) is 0 Å². The van der Waals surface area contributed by atoms with Gasteiger partial charge in [0.15, 0.2) is 11.6 Å². The number of nitrogens with zero attached hydrogens (tertiary/aromatic N) is 2. The van der Waals surface area contributed by atoms with E-state index in [1.54, 1.807) is 18.3 Å². The average molecular weight is 505 g/mol. The number of aromatic nitrogens is 1. The Bertz CT molecular complexity index is 1030. The van der Waals surface area contributed by atoms with Crippen molar-refractivity contribution < 1.29 is 33.7 Å². The van der Waals surface area contributed by atoms with E-state index < -0.39 is 5.41 Å². The van der Waals surface area contributed by atoms with Crippen LogP contribution in [0.5, 0.6) is 5.75 Å². The first kappa shape index (κ1) is 28.5. The van der Waals surface area contributed by atoms with Gasteiger partial charge in [-0.25, -0.2) is 9.37 Å². The fraction of sp³-hybridized carbons (Fsp3) is 0.440. The van der Waals surface area contributed by atoms with Crippen molar-refractivity contribution in [3.05, 3.63) is 53.5 Å². The van der Waals surface area contributed by atoms with Gasteiger partial charge in [-0.1, -0.05) is 25.1 Å². The molecule has 5 N–H and O–H groups in total. The number of methoxy groups -OCH3 is 1. The molecule has 2 aliphatic rings. The molecule has 0 aliphatic carbocycles. The summed E-state index contributed by atoms with van der Waals surface area (Å²) < 4.78 is 19.9. The first-order chi connectivity index (χ1) is 17.3. The number of hydrogen-bond acceptors (Lipinski definition) is 7. The topological polar surface area (TPSA) is 155 Å². The fourth-order valence-corrected chi connectivity index (χ4v) is 5.31. The summed E-state index contributed by atoms with van der Waals surface area (Å²) in [6.07, 6.45) is 5.18. The minimum atomic E-state index is -0.463. The molecule has 2 aromatic rings. The van der Waals surface area contributed by atoms with E-state index in [2.05, 4.69) is 22.1 Å². The molecule has 0 spiro atoms. The number of carbonyl (C=O) groups excluding carboxylic acids is 1. The number of nitrogens with two attached hydrogens (primary N) is 1. The molecule has 0 unspecified atom stereocenters. The number of benzene rings is 1. The summed E-state index contributed by atoms with van der Waals surface area (Å²) in [5, 5.41) is 16.9. The molecule has 36 heavy (non-hydrogen) atoms. The van der Waals surface area contributed by atoms with Gasteiger partial charge in [0.25, 0.3) is 12.9 Å². The van der Waals surface area contributed by atoms with Gasteiger partial charge in [0, 0.05) is 42.5 Å². The Balaban J connectivity index is 0.000000693. The Hall–Kier alpha value is -3.73. The maximum atomic E-state index is 14.7. The van der Waals surface area contributed by atoms with Crippen LogP contribution >= 0.6 is 0 Å². The number of rotatable bonds is 7. The highest BCUT2D eigenvalue weighted by molar-refractivity contribution is 5.84. The van der Waals surface area contributed by atoms with Crippen molar-refractivity contribution in [3.63, 3.8) is 0 Å². The van der Waals surface area contributed by atoms with E-state index >= 15 is 0 Å². The molecule has 3 heterocycles. The largest absolute Gasteiger partial charge is 0.494 e. The van der Waals surface area contributed by atoms with Crippen LogP contribution in [0.15, 0.2) is 36.5 Å². The van der Waals surface area contributed by atoms with Crippen LogP contribution in [0.3, 0.4) is 0 Å². The predicted molar refractivity (Wildman–Crippen MR) is 131 cm³/mol. The molecule has 2 aliphatic heterocycles. The molecular weight excluding hydrogens is 471 g/mol. The molecule has 196 valence electrons. The highest BCUT2D eigenvalue weighted by Crippen LogP contribution is 2.52. The van der Waals surface area contributed by atoms with E-state index in [0.29, 0.717) is 24.5 Å². The summed E-state index contributed by atoms with van der Waals surface area (Å²) in [7, 11) is 1.48. The molecule has 1 amide bonds. The Morgan fingerprint density at radius 1 is 1.25 bits per heavy atom. The summed E-state index contributed by atoms with van der Waals surface area (Å²) in [4.78, 5) is 36.5. The van der Waals surface area contributed by atoms with Crippen molar-refractivity contribution in [1.29, 1.82) is 0 Å². The number of nitrogen functional groups attached to an aromatic ring is 1. The Kier molecular flexibility index (Phi) is 10.6. The second kappa shape index (κ2) is 13.4. The zero-order valence-corrected chi connectivity index (χ0v) is 20.4. The standard InChI is InChI=1S/C23H29FN4O2.2CH2O2/c1-3-23(22(29)27-13-15-7-5-11-26-21(15)25)12-17-9-10-19(23)28(17)14-16-6-4-8-18(30-2)20(16)24;2*2-1-3/h4-8,11,17,19H,3,9-10,12-14H2,1-2H3,(H2,25,26)(H,27,29);2*1H,(H,2,3)/t17-,19+,23+;;/m0../s1. The quantitative estimate of drug-likeness (QED) is 0.416. The highest BCUT2D eigenvalue weighted by Gasteiger charge is 2.58. The molecule has 1 aromatic heterocycles. The summed E-state index contributed by atoms with van der Waals surface area (Å²) in [6.45, 7) is 2.42. The number of hydrogen-bond donors (Lipinski definition) is 4. The van der Waals surface area contributed by atoms with Gasteiger partial charge in [-0.05, 0) is 37.8 Å². The summed E-state index contributed by atoms with van der Waals surface area (Å²) in [5.74, 6) is 0.431. The smallest absolute Gasteiger partial charge is 0.290 e. The number of pyridine rings is 1. The lowest BCUT2D eigenvalue weighted by Crippen LogP contribution is -2.48. The molecule has 0 saturated carbocycles. The monoisotopic (exact) mass is 504 g/mol. The van der Waals surface area contributed by atoms with Crippen molar-refractivity contribution in [2.75, 3.05) is 12.8 Å². The number of carbonyl (C=O) groups is 3. The number of fused-ring (bicyclic) bond motifs is 2. The molecule has 11 heteroatoms. The van der Waals surface area contributed by atoms with Gasteiger partial charge >= 0.3 is 0 Å². The third kappa shape index (κ3) is 6.09. The van der Waals surface area contributed by atoms with Gasteiger partial charge < -0.3 is 26.0 Å². The molecule has 0 radical (unpaired) electrons. The molecule has 2 bridgehead atoms. The van der Waals surface area contributed by atoms with Gasteiger partial charge in [-0.15, -0.1) is 0 Å². The number of halogens is 1. The number of anilines is 1. The molecule has 3 atom stereocenters. The number of nitrogens with one attached hydrogen (secondary N) is 1. The third-order valence-corrected chi connectivity index (χ3v) is 6.95. The van der Waals surface area contributed by atoms with Crippen molar-refractivity contribution in [1.82, 2.24) is 15.2 Å². The predicted octanol–water partition coefficient (Wildman–Crippen LogP) is 2.66. The lowest BCUT2D eigenvalue weighted by molar-refractivity contribution is -0.133. The van der Waals surface area contributed by atoms with Crippen molar-refractivity contribution in [3.8, 4) is 5.75 Å². The first-order valence-electron chi connectivity index (χ1n) is 11.5. The average Bonchev–Trinajstić information content (AvgIpc) is 3.40. The van der Waals surface area contributed by atoms with Crippen LogP contribution in [-0.2, 0) is 27.5 Å². The van der Waals surface area contributed by atoms with Gasteiger partial charge in [0.05, 0.1) is 12.5 Å². The summed E-state index contributed by atoms with van der Waals surface area (Å²) >= 11 is 0. The summed E-state index contributed by atoms with van der Waals surface area (Å²) in [5.41, 5.74) is 6.88. The molecule has 4 rings (SSSR count). The van der Waals surface area contributed by atoms with Crippen LogP contribution in [0.1, 0.15) is 43.7 Å².